The number of unbranched alkanes of at least 4 members (excludes halogenated alkanes) is 1. The summed E-state index contributed by atoms with van der Waals surface area (Å²) in [6.45, 7) is 3.32. The second-order valence-corrected chi connectivity index (χ2v) is 12.3. The van der Waals surface area contributed by atoms with E-state index in [1.54, 1.807) is 24.3 Å². The molecule has 4 N–H and O–H groups in total. The molecule has 0 aliphatic carbocycles. The van der Waals surface area contributed by atoms with E-state index in [4.69, 9.17) is 14.2 Å². The molecular weight excluding hydrogens is 634 g/mol. The number of aryl methyl sites for hydroxylation is 1. The molecule has 3 heterocycles. The van der Waals surface area contributed by atoms with Crippen LogP contribution in [-0.2, 0) is 36.7 Å². The minimum Gasteiger partial charge on any atom is -0.497 e. The van der Waals surface area contributed by atoms with Gasteiger partial charge < -0.3 is 25.0 Å². The summed E-state index contributed by atoms with van der Waals surface area (Å²) in [7, 11) is 1.54. The second kappa shape index (κ2) is 17.9. The summed E-state index contributed by atoms with van der Waals surface area (Å²) in [4.78, 5) is 40.7. The Hall–Kier alpha value is -4.79. The topological polar surface area (TPSA) is 156 Å². The highest BCUT2D eigenvalue weighted by molar-refractivity contribution is 7.15. The third-order valence-electron chi connectivity index (χ3n) is 7.69. The largest absolute Gasteiger partial charge is 0.497 e. The number of benzene rings is 2. The maximum atomic E-state index is 13.4. The molecule has 14 heteroatoms. The Labute approximate surface area is 283 Å². The van der Waals surface area contributed by atoms with Crippen LogP contribution in [0.1, 0.15) is 47.9 Å². The van der Waals surface area contributed by atoms with Crippen LogP contribution in [0.5, 0.6) is 5.75 Å². The van der Waals surface area contributed by atoms with Gasteiger partial charge >= 0.3 is 5.97 Å². The zero-order valence-electron chi connectivity index (χ0n) is 26.9. The Morgan fingerprint density at radius 3 is 2.56 bits per heavy atom. The molecular formula is C34H41N7O6S. The van der Waals surface area contributed by atoms with Crippen LogP contribution >= 0.6 is 11.3 Å². The van der Waals surface area contributed by atoms with Crippen LogP contribution in [0.4, 0.5) is 5.13 Å². The SMILES string of the molecule is COc1cccc(C(OC(=O)CCN2CCOCC2)C(=O)Nc2nnc(CCCCC3=CC=C(NC(=O)Cc4ccccc4)NN3)s2)c1. The Morgan fingerprint density at radius 1 is 0.979 bits per heavy atom. The fraction of sp³-hybridized carbons (Fsp3) is 0.382. The van der Waals surface area contributed by atoms with E-state index in [9.17, 15) is 14.4 Å². The molecule has 254 valence electrons. The van der Waals surface area contributed by atoms with E-state index in [2.05, 4.69) is 36.6 Å². The third-order valence-corrected chi connectivity index (χ3v) is 8.59. The number of methoxy groups -OCH3 is 1. The van der Waals surface area contributed by atoms with Crippen LogP contribution in [0, 0.1) is 0 Å². The number of hydrogen-bond acceptors (Lipinski definition) is 12. The third kappa shape index (κ3) is 10.9. The van der Waals surface area contributed by atoms with Gasteiger partial charge in [-0.05, 0) is 49.1 Å². The highest BCUT2D eigenvalue weighted by atomic mass is 32.1. The van der Waals surface area contributed by atoms with Gasteiger partial charge in [-0.1, -0.05) is 53.8 Å². The van der Waals surface area contributed by atoms with Crippen LogP contribution in [0.15, 0.2) is 78.3 Å². The lowest BCUT2D eigenvalue weighted by atomic mass is 10.1. The summed E-state index contributed by atoms with van der Waals surface area (Å²) in [5, 5.41) is 15.2. The molecule has 2 aromatic carbocycles. The number of hydrogen-bond donors (Lipinski definition) is 4. The minimum atomic E-state index is -1.18. The number of rotatable bonds is 16. The smallest absolute Gasteiger partial charge is 0.308 e. The molecule has 5 rings (SSSR count). The van der Waals surface area contributed by atoms with Crippen molar-refractivity contribution in [1.29, 1.82) is 0 Å². The summed E-state index contributed by atoms with van der Waals surface area (Å²) in [5.41, 5.74) is 8.62. The summed E-state index contributed by atoms with van der Waals surface area (Å²) in [5.74, 6) is 0.0591. The number of carbonyl (C=O) groups is 3. The highest BCUT2D eigenvalue weighted by Gasteiger charge is 2.27. The van der Waals surface area contributed by atoms with Gasteiger partial charge in [-0.25, -0.2) is 0 Å². The minimum absolute atomic E-state index is 0.0949. The molecule has 48 heavy (non-hydrogen) atoms. The number of anilines is 1. The molecule has 13 nitrogen and oxygen atoms in total. The Morgan fingerprint density at radius 2 is 1.79 bits per heavy atom. The zero-order valence-corrected chi connectivity index (χ0v) is 27.7. The number of morpholine rings is 1. The lowest BCUT2D eigenvalue weighted by Gasteiger charge is -2.26. The number of amides is 2. The molecule has 1 atom stereocenters. The van der Waals surface area contributed by atoms with Gasteiger partial charge in [-0.15, -0.1) is 10.2 Å². The zero-order chi connectivity index (χ0) is 33.6. The maximum absolute atomic E-state index is 13.4. The van der Waals surface area contributed by atoms with Gasteiger partial charge in [0.25, 0.3) is 5.91 Å². The Balaban J connectivity index is 1.07. The summed E-state index contributed by atoms with van der Waals surface area (Å²) < 4.78 is 16.4. The predicted molar refractivity (Wildman–Crippen MR) is 181 cm³/mol. The van der Waals surface area contributed by atoms with E-state index in [0.717, 1.165) is 48.6 Å². The van der Waals surface area contributed by atoms with Crippen molar-refractivity contribution < 1.29 is 28.6 Å². The van der Waals surface area contributed by atoms with Gasteiger partial charge in [0.15, 0.2) is 0 Å². The van der Waals surface area contributed by atoms with E-state index in [0.29, 0.717) is 54.9 Å². The molecule has 1 aromatic heterocycles. The monoisotopic (exact) mass is 675 g/mol. The van der Waals surface area contributed by atoms with Crippen LogP contribution in [0.25, 0.3) is 0 Å². The standard InChI is InChI=1S/C34H41N7O6S/c1-45-27-12-7-10-25(23-27)32(47-31(43)16-17-41-18-20-46-21-19-41)33(44)36-34-40-39-30(48-34)13-6-5-11-26-14-15-28(38-37-26)35-29(42)22-24-8-3-2-4-9-24/h2-4,7-10,12,14-15,23,32,37-38H,5-6,11,13,16-22H2,1H3,(H,35,42)(H,36,40,44). The fourth-order valence-corrected chi connectivity index (χ4v) is 5.90. The van der Waals surface area contributed by atoms with Gasteiger partial charge in [0, 0.05) is 37.3 Å². The molecule has 0 bridgehead atoms. The first-order valence-electron chi connectivity index (χ1n) is 16.0. The highest BCUT2D eigenvalue weighted by Crippen LogP contribution is 2.26. The van der Waals surface area contributed by atoms with Crippen molar-refractivity contribution in [1.82, 2.24) is 31.3 Å². The lowest BCUT2D eigenvalue weighted by Crippen LogP contribution is -2.41. The van der Waals surface area contributed by atoms with Crippen LogP contribution < -0.4 is 26.2 Å². The van der Waals surface area contributed by atoms with Crippen molar-refractivity contribution in [3.63, 3.8) is 0 Å². The van der Waals surface area contributed by atoms with Gasteiger partial charge in [-0.2, -0.15) is 0 Å². The number of esters is 1. The summed E-state index contributed by atoms with van der Waals surface area (Å²) in [6.07, 6.45) is 6.32. The molecule has 2 aliphatic rings. The van der Waals surface area contributed by atoms with Gasteiger partial charge in [0.2, 0.25) is 17.1 Å². The quantitative estimate of drug-likeness (QED) is 0.130. The summed E-state index contributed by atoms with van der Waals surface area (Å²) >= 11 is 1.29. The van der Waals surface area contributed by atoms with Crippen LogP contribution in [0.3, 0.4) is 0 Å². The molecule has 2 amide bonds. The molecule has 3 aromatic rings. The number of ether oxygens (including phenoxy) is 3. The van der Waals surface area contributed by atoms with Gasteiger partial charge in [-0.3, -0.25) is 30.0 Å². The van der Waals surface area contributed by atoms with E-state index < -0.39 is 18.0 Å². The van der Waals surface area contributed by atoms with Crippen LogP contribution in [0.2, 0.25) is 0 Å². The van der Waals surface area contributed by atoms with E-state index in [-0.39, 0.29) is 12.3 Å². The molecule has 2 aliphatic heterocycles. The van der Waals surface area contributed by atoms with Crippen LogP contribution in [-0.4, -0.2) is 72.8 Å². The number of carbonyl (C=O) groups excluding carboxylic acids is 3. The van der Waals surface area contributed by atoms with Gasteiger partial charge in [0.05, 0.1) is 33.2 Å². The maximum Gasteiger partial charge on any atom is 0.308 e. The molecule has 1 fully saturated rings. The van der Waals surface area contributed by atoms with Crippen molar-refractivity contribution in [3.05, 3.63) is 94.4 Å². The average molecular weight is 676 g/mol. The normalized spacial score (nSPS) is 15.2. The van der Waals surface area contributed by atoms with Crippen molar-refractivity contribution in [2.75, 3.05) is 45.3 Å². The molecule has 0 saturated carbocycles. The number of nitrogens with zero attached hydrogens (tertiary/aromatic N) is 3. The summed E-state index contributed by atoms with van der Waals surface area (Å²) in [6, 6.07) is 16.5. The number of nitrogens with one attached hydrogen (secondary N) is 4. The van der Waals surface area contributed by atoms with Crippen molar-refractivity contribution in [2.24, 2.45) is 0 Å². The molecule has 0 radical (unpaired) electrons. The number of hydrazine groups is 1. The first-order valence-corrected chi connectivity index (χ1v) is 16.8. The van der Waals surface area contributed by atoms with E-state index in [1.807, 2.05) is 42.5 Å². The van der Waals surface area contributed by atoms with E-state index in [1.165, 1.54) is 18.4 Å². The fourth-order valence-electron chi connectivity index (χ4n) is 5.12. The Bertz CT molecular complexity index is 1590. The van der Waals surface area contributed by atoms with E-state index >= 15 is 0 Å². The van der Waals surface area contributed by atoms with Crippen molar-refractivity contribution in [3.8, 4) is 5.75 Å². The van der Waals surface area contributed by atoms with Crippen molar-refractivity contribution in [2.45, 2.75) is 44.6 Å². The average Bonchev–Trinajstić information content (AvgIpc) is 3.56. The predicted octanol–water partition coefficient (Wildman–Crippen LogP) is 3.40. The first kappa shape index (κ1) is 34.5. The molecule has 1 unspecified atom stereocenters. The lowest BCUT2D eigenvalue weighted by molar-refractivity contribution is -0.155. The molecule has 0 spiro atoms. The second-order valence-electron chi connectivity index (χ2n) is 11.3. The first-order chi connectivity index (χ1) is 23.4. The Kier molecular flexibility index (Phi) is 12.9. The van der Waals surface area contributed by atoms with Gasteiger partial charge in [0.1, 0.15) is 16.6 Å². The van der Waals surface area contributed by atoms with Crippen molar-refractivity contribution >= 4 is 34.3 Å². The molecule has 1 saturated heterocycles. The number of aromatic nitrogens is 2. The number of allylic oxidation sites excluding steroid dienone is 3.